The molecule has 2 aromatic carbocycles. The Morgan fingerprint density at radius 3 is 2.28 bits per heavy atom. The van der Waals surface area contributed by atoms with Gasteiger partial charge in [0.05, 0.1) is 11.4 Å². The van der Waals surface area contributed by atoms with Gasteiger partial charge < -0.3 is 10.2 Å². The van der Waals surface area contributed by atoms with Gasteiger partial charge in [-0.3, -0.25) is 4.79 Å². The Kier molecular flexibility index (Phi) is 9.13. The van der Waals surface area contributed by atoms with Crippen molar-refractivity contribution in [3.8, 4) is 11.5 Å². The first kappa shape index (κ1) is 24.9. The minimum absolute atomic E-state index is 0. The summed E-state index contributed by atoms with van der Waals surface area (Å²) in [6.45, 7) is 8.46. The Balaban J connectivity index is 0.00000420. The molecule has 0 aliphatic carbocycles. The molecular weight excluding hydrogens is 405 g/mol. The van der Waals surface area contributed by atoms with Gasteiger partial charge in [-0.25, -0.2) is 0 Å². The number of rotatable bonds is 8. The Labute approximate surface area is 192 Å². The van der Waals surface area contributed by atoms with Crippen molar-refractivity contribution in [3.05, 3.63) is 72.3 Å². The van der Waals surface area contributed by atoms with Gasteiger partial charge in [0, 0.05) is 5.57 Å². The number of phenolic OH excluding ortho intramolecular Hbond substituents is 2. The number of carbonyl (C=O) groups is 1. The van der Waals surface area contributed by atoms with Crippen LogP contribution in [-0.2, 0) is 25.6 Å². The first-order valence-electron chi connectivity index (χ1n) is 8.29. The van der Waals surface area contributed by atoms with Gasteiger partial charge in [0.1, 0.15) is 0 Å². The molecule has 29 heavy (non-hydrogen) atoms. The molecule has 0 aromatic heterocycles. The summed E-state index contributed by atoms with van der Waals surface area (Å²) in [5.74, 6) is -1.28. The summed E-state index contributed by atoms with van der Waals surface area (Å²) in [4.78, 5) is 12.2. The van der Waals surface area contributed by atoms with Crippen LogP contribution in [0.1, 0.15) is 18.1 Å². The first-order valence-corrected chi connectivity index (χ1v) is 9.70. The van der Waals surface area contributed by atoms with E-state index >= 15 is 0 Å². The van der Waals surface area contributed by atoms with E-state index < -0.39 is 16.0 Å². The second-order valence-electron chi connectivity index (χ2n) is 6.06. The molecule has 2 aromatic rings. The Bertz CT molecular complexity index is 1000. The van der Waals surface area contributed by atoms with Crippen molar-refractivity contribution < 1.29 is 27.7 Å². The van der Waals surface area contributed by atoms with Crippen LogP contribution in [0.4, 0.5) is 0 Å². The number of hydroxylamine groups is 2. The zero-order valence-corrected chi connectivity index (χ0v) is 16.1. The fourth-order valence-corrected chi connectivity index (χ4v) is 3.21. The summed E-state index contributed by atoms with van der Waals surface area (Å²) < 4.78 is 30.1. The molecule has 0 saturated carbocycles. The molecule has 1 amide bonds. The van der Waals surface area contributed by atoms with Crippen LogP contribution in [-0.4, -0.2) is 65.7 Å². The number of nitrogens with zero attached hydrogens (tertiary/aromatic N) is 1. The zero-order valence-electron chi connectivity index (χ0n) is 15.3. The van der Waals surface area contributed by atoms with Crippen molar-refractivity contribution in [1.29, 1.82) is 0 Å². The van der Waals surface area contributed by atoms with Crippen molar-refractivity contribution in [2.24, 2.45) is 0 Å². The SMILES string of the molecule is C=Cc1ccc(S(=O)(=O)ON(CCc2ccc(O)c(O)c2)C(=O)C(=C)C)cc1.[NaH]. The van der Waals surface area contributed by atoms with Crippen LogP contribution in [0.3, 0.4) is 0 Å². The number of hydrogen-bond donors (Lipinski definition) is 2. The summed E-state index contributed by atoms with van der Waals surface area (Å²) >= 11 is 0. The Morgan fingerprint density at radius 2 is 1.76 bits per heavy atom. The van der Waals surface area contributed by atoms with E-state index in [9.17, 15) is 23.4 Å². The van der Waals surface area contributed by atoms with E-state index in [1.54, 1.807) is 24.3 Å². The maximum atomic E-state index is 12.5. The summed E-state index contributed by atoms with van der Waals surface area (Å²) in [6, 6.07) is 10.00. The standard InChI is InChI=1S/C20H21NO6S.Na.H/c1-4-15-5-8-17(9-6-15)28(25,26)27-21(20(24)14(2)3)12-11-16-7-10-18(22)19(23)13-16;;/h4-10,13,22-23H,1-2,11-12H2,3H3;;. The van der Waals surface area contributed by atoms with E-state index in [4.69, 9.17) is 4.28 Å². The number of amides is 1. The predicted octanol–water partition coefficient (Wildman–Crippen LogP) is 2.36. The summed E-state index contributed by atoms with van der Waals surface area (Å²) in [7, 11) is -4.24. The van der Waals surface area contributed by atoms with E-state index in [-0.39, 0.29) is 64.5 Å². The number of benzene rings is 2. The molecule has 9 heteroatoms. The van der Waals surface area contributed by atoms with Gasteiger partial charge in [-0.05, 0) is 48.7 Å². The molecule has 0 aliphatic rings. The molecule has 150 valence electrons. The van der Waals surface area contributed by atoms with Crippen LogP contribution in [0.25, 0.3) is 6.08 Å². The number of carbonyl (C=O) groups excluding carboxylic acids is 1. The monoisotopic (exact) mass is 427 g/mol. The molecule has 0 aliphatic heterocycles. The molecule has 0 spiro atoms. The van der Waals surface area contributed by atoms with Gasteiger partial charge in [-0.15, -0.1) is 4.28 Å². The van der Waals surface area contributed by atoms with E-state index in [0.717, 1.165) is 5.56 Å². The van der Waals surface area contributed by atoms with Gasteiger partial charge in [0.15, 0.2) is 11.5 Å². The Morgan fingerprint density at radius 1 is 1.14 bits per heavy atom. The molecule has 0 bridgehead atoms. The van der Waals surface area contributed by atoms with Gasteiger partial charge in [-0.2, -0.15) is 13.5 Å². The fourth-order valence-electron chi connectivity index (χ4n) is 2.27. The van der Waals surface area contributed by atoms with Crippen molar-refractivity contribution in [1.82, 2.24) is 5.06 Å². The molecule has 0 fully saturated rings. The average Bonchev–Trinajstić information content (AvgIpc) is 2.67. The van der Waals surface area contributed by atoms with Crippen LogP contribution in [0.2, 0.25) is 0 Å². The molecule has 2 rings (SSSR count). The molecule has 2 N–H and O–H groups in total. The van der Waals surface area contributed by atoms with E-state index in [1.165, 1.54) is 31.2 Å². The van der Waals surface area contributed by atoms with Crippen molar-refractivity contribution in [3.63, 3.8) is 0 Å². The average molecular weight is 427 g/mol. The van der Waals surface area contributed by atoms with Crippen LogP contribution in [0.15, 0.2) is 66.1 Å². The van der Waals surface area contributed by atoms with Crippen molar-refractivity contribution in [2.45, 2.75) is 18.2 Å². The molecule has 0 atom stereocenters. The van der Waals surface area contributed by atoms with Crippen LogP contribution in [0.5, 0.6) is 11.5 Å². The van der Waals surface area contributed by atoms with Gasteiger partial charge in [0.25, 0.3) is 5.91 Å². The normalized spacial score (nSPS) is 10.7. The second kappa shape index (κ2) is 10.6. The van der Waals surface area contributed by atoms with Crippen LogP contribution >= 0.6 is 0 Å². The summed E-state index contributed by atoms with van der Waals surface area (Å²) in [5, 5.41) is 19.6. The quantitative estimate of drug-likeness (QED) is 0.290. The minimum atomic E-state index is -4.24. The summed E-state index contributed by atoms with van der Waals surface area (Å²) in [6.07, 6.45) is 1.75. The third kappa shape index (κ3) is 6.73. The van der Waals surface area contributed by atoms with Gasteiger partial charge in [0.2, 0.25) is 0 Å². The Hall–Kier alpha value is -2.10. The number of hydrogen-bond acceptors (Lipinski definition) is 6. The van der Waals surface area contributed by atoms with E-state index in [2.05, 4.69) is 13.2 Å². The van der Waals surface area contributed by atoms with E-state index in [1.807, 2.05) is 0 Å². The maximum absolute atomic E-state index is 12.5. The van der Waals surface area contributed by atoms with Crippen LogP contribution < -0.4 is 0 Å². The number of aromatic hydroxyl groups is 2. The molecule has 0 unspecified atom stereocenters. The molecule has 0 radical (unpaired) electrons. The topological polar surface area (TPSA) is 104 Å². The zero-order chi connectivity index (χ0) is 20.9. The van der Waals surface area contributed by atoms with Crippen LogP contribution in [0, 0.1) is 0 Å². The molecule has 0 heterocycles. The first-order chi connectivity index (χ1) is 13.1. The molecule has 7 nitrogen and oxygen atoms in total. The van der Waals surface area contributed by atoms with E-state index in [0.29, 0.717) is 10.6 Å². The van der Waals surface area contributed by atoms with Gasteiger partial charge in [-0.1, -0.05) is 37.4 Å². The third-order valence-corrected chi connectivity index (χ3v) is 5.05. The van der Waals surface area contributed by atoms with Gasteiger partial charge >= 0.3 is 39.7 Å². The molecular formula is C20H22NNaO6S. The fraction of sp³-hybridized carbons (Fsp3) is 0.150. The number of phenols is 2. The third-order valence-electron chi connectivity index (χ3n) is 3.83. The predicted molar refractivity (Wildman–Crippen MR) is 112 cm³/mol. The van der Waals surface area contributed by atoms with Crippen molar-refractivity contribution >= 4 is 51.7 Å². The van der Waals surface area contributed by atoms with Crippen molar-refractivity contribution in [2.75, 3.05) is 6.54 Å². The second-order valence-corrected chi connectivity index (χ2v) is 7.59. The summed E-state index contributed by atoms with van der Waals surface area (Å²) in [5.41, 5.74) is 1.41. The molecule has 0 saturated heterocycles.